The topological polar surface area (TPSA) is 113 Å². The van der Waals surface area contributed by atoms with Crippen molar-refractivity contribution in [1.82, 2.24) is 24.1 Å². The standard InChI is InChI=1S/C30H35N5O3S2/c1-30(2,3)31-19-20-12-14-24-22(16-20)10-7-11-25(24)32-29(36)18-27(21-8-5-4-6-9-21)35-40(37,38)23-13-15-26-28(17-23)34-39-33-26/h4-6,8-9,12-17,25,27,31,35H,7,10-11,18-19H2,1-3H3,(H,32,36)/t25-,27-/m1/s1. The maximum Gasteiger partial charge on any atom is 0.241 e. The highest BCUT2D eigenvalue weighted by atomic mass is 32.2. The minimum atomic E-state index is -3.92. The fourth-order valence-corrected chi connectivity index (χ4v) is 6.79. The zero-order valence-corrected chi connectivity index (χ0v) is 24.6. The summed E-state index contributed by atoms with van der Waals surface area (Å²) in [4.78, 5) is 13.5. The van der Waals surface area contributed by atoms with Gasteiger partial charge in [0.2, 0.25) is 15.9 Å². The molecule has 0 bridgehead atoms. The van der Waals surface area contributed by atoms with Crippen molar-refractivity contribution >= 4 is 38.7 Å². The van der Waals surface area contributed by atoms with E-state index in [4.69, 9.17) is 0 Å². The van der Waals surface area contributed by atoms with Crippen LogP contribution in [0.1, 0.15) is 74.4 Å². The normalized spacial score (nSPS) is 16.4. The molecular weight excluding hydrogens is 542 g/mol. The van der Waals surface area contributed by atoms with Crippen molar-refractivity contribution < 1.29 is 13.2 Å². The Balaban J connectivity index is 1.31. The third-order valence-electron chi connectivity index (χ3n) is 7.10. The molecule has 0 aliphatic heterocycles. The Morgan fingerprint density at radius 2 is 1.80 bits per heavy atom. The van der Waals surface area contributed by atoms with Crippen LogP contribution in [0, 0.1) is 0 Å². The number of nitrogens with zero attached hydrogens (tertiary/aromatic N) is 2. The van der Waals surface area contributed by atoms with Crippen molar-refractivity contribution in [3.8, 4) is 0 Å². The van der Waals surface area contributed by atoms with Gasteiger partial charge in [-0.15, -0.1) is 0 Å². The van der Waals surface area contributed by atoms with Crippen molar-refractivity contribution in [2.45, 2.75) is 75.5 Å². The predicted molar refractivity (Wildman–Crippen MR) is 158 cm³/mol. The summed E-state index contributed by atoms with van der Waals surface area (Å²) >= 11 is 1.04. The summed E-state index contributed by atoms with van der Waals surface area (Å²) in [5.41, 5.74) is 5.55. The maximum atomic E-state index is 13.4. The summed E-state index contributed by atoms with van der Waals surface area (Å²) in [5.74, 6) is -0.202. The molecule has 210 valence electrons. The molecule has 0 unspecified atom stereocenters. The van der Waals surface area contributed by atoms with Gasteiger partial charge in [-0.1, -0.05) is 48.5 Å². The predicted octanol–water partition coefficient (Wildman–Crippen LogP) is 5.18. The second kappa shape index (κ2) is 11.7. The van der Waals surface area contributed by atoms with Crippen LogP contribution in [0.25, 0.3) is 11.0 Å². The van der Waals surface area contributed by atoms with Crippen LogP contribution in [-0.2, 0) is 27.8 Å². The summed E-state index contributed by atoms with van der Waals surface area (Å²) in [6.45, 7) is 7.24. The van der Waals surface area contributed by atoms with E-state index < -0.39 is 16.1 Å². The minimum absolute atomic E-state index is 0.0246. The average molecular weight is 578 g/mol. The lowest BCUT2D eigenvalue weighted by Gasteiger charge is -2.28. The highest BCUT2D eigenvalue weighted by Gasteiger charge is 2.27. The average Bonchev–Trinajstić information content (AvgIpc) is 3.40. The minimum Gasteiger partial charge on any atom is -0.349 e. The van der Waals surface area contributed by atoms with Crippen LogP contribution in [0.15, 0.2) is 71.6 Å². The van der Waals surface area contributed by atoms with E-state index in [0.717, 1.165) is 48.7 Å². The second-order valence-electron chi connectivity index (χ2n) is 11.4. The van der Waals surface area contributed by atoms with Crippen molar-refractivity contribution in [1.29, 1.82) is 0 Å². The lowest BCUT2D eigenvalue weighted by Crippen LogP contribution is -2.36. The fraction of sp³-hybridized carbons (Fsp3) is 0.367. The third-order valence-corrected chi connectivity index (χ3v) is 9.13. The van der Waals surface area contributed by atoms with Gasteiger partial charge in [0.15, 0.2) is 0 Å². The Morgan fingerprint density at radius 1 is 1.02 bits per heavy atom. The number of rotatable bonds is 9. The molecule has 1 heterocycles. The molecule has 1 aromatic heterocycles. The monoisotopic (exact) mass is 577 g/mol. The fourth-order valence-electron chi connectivity index (χ4n) is 5.03. The largest absolute Gasteiger partial charge is 0.349 e. The molecule has 1 aliphatic carbocycles. The Labute approximate surface area is 240 Å². The van der Waals surface area contributed by atoms with Crippen LogP contribution in [0.3, 0.4) is 0 Å². The van der Waals surface area contributed by atoms with Gasteiger partial charge >= 0.3 is 0 Å². The summed E-state index contributed by atoms with van der Waals surface area (Å²) < 4.78 is 37.8. The molecule has 40 heavy (non-hydrogen) atoms. The quantitative estimate of drug-likeness (QED) is 0.253. The van der Waals surface area contributed by atoms with E-state index in [9.17, 15) is 13.2 Å². The van der Waals surface area contributed by atoms with E-state index in [1.165, 1.54) is 23.3 Å². The Bertz CT molecular complexity index is 1600. The summed E-state index contributed by atoms with van der Waals surface area (Å²) in [7, 11) is -3.92. The van der Waals surface area contributed by atoms with E-state index in [1.807, 2.05) is 30.3 Å². The van der Waals surface area contributed by atoms with Gasteiger partial charge < -0.3 is 10.6 Å². The lowest BCUT2D eigenvalue weighted by atomic mass is 9.86. The summed E-state index contributed by atoms with van der Waals surface area (Å²) in [6, 6.07) is 19.5. The van der Waals surface area contributed by atoms with E-state index in [1.54, 1.807) is 6.07 Å². The molecular formula is C30H35N5O3S2. The maximum absolute atomic E-state index is 13.4. The number of hydrogen-bond donors (Lipinski definition) is 3. The van der Waals surface area contributed by atoms with Gasteiger partial charge in [-0.05, 0) is 80.5 Å². The SMILES string of the molecule is CC(C)(C)NCc1ccc2c(c1)CCC[C@H]2NC(=O)C[C@@H](NS(=O)(=O)c1ccc2nsnc2c1)c1ccccc1. The molecule has 5 rings (SSSR count). The number of aryl methyl sites for hydroxylation is 1. The van der Waals surface area contributed by atoms with E-state index in [-0.39, 0.29) is 28.8 Å². The molecule has 3 aromatic carbocycles. The molecule has 1 aliphatic rings. The zero-order valence-electron chi connectivity index (χ0n) is 23.0. The van der Waals surface area contributed by atoms with Gasteiger partial charge in [0.1, 0.15) is 11.0 Å². The highest BCUT2D eigenvalue weighted by molar-refractivity contribution is 7.89. The molecule has 0 fully saturated rings. The summed E-state index contributed by atoms with van der Waals surface area (Å²) in [6.07, 6.45) is 2.79. The number of carbonyl (C=O) groups excluding carboxylic acids is 1. The number of carbonyl (C=O) groups is 1. The number of sulfonamides is 1. The van der Waals surface area contributed by atoms with Gasteiger partial charge in [0, 0.05) is 18.5 Å². The molecule has 8 nitrogen and oxygen atoms in total. The lowest BCUT2D eigenvalue weighted by molar-refractivity contribution is -0.122. The molecule has 0 spiro atoms. The summed E-state index contributed by atoms with van der Waals surface area (Å²) in [5, 5.41) is 6.72. The van der Waals surface area contributed by atoms with Crippen molar-refractivity contribution in [3.63, 3.8) is 0 Å². The third kappa shape index (κ3) is 6.93. The number of benzene rings is 3. The molecule has 0 radical (unpaired) electrons. The number of amides is 1. The Hall–Kier alpha value is -3.18. The molecule has 3 N–H and O–H groups in total. The van der Waals surface area contributed by atoms with Crippen LogP contribution in [0.5, 0.6) is 0 Å². The first-order valence-corrected chi connectivity index (χ1v) is 15.7. The first-order valence-electron chi connectivity index (χ1n) is 13.5. The molecule has 2 atom stereocenters. The molecule has 10 heteroatoms. The van der Waals surface area contributed by atoms with Crippen LogP contribution < -0.4 is 15.4 Å². The molecule has 4 aromatic rings. The zero-order chi connectivity index (χ0) is 28.3. The van der Waals surface area contributed by atoms with Gasteiger partial charge in [-0.2, -0.15) is 8.75 Å². The van der Waals surface area contributed by atoms with Crippen molar-refractivity contribution in [2.75, 3.05) is 0 Å². The van der Waals surface area contributed by atoms with Crippen LogP contribution in [0.4, 0.5) is 0 Å². The van der Waals surface area contributed by atoms with Gasteiger partial charge in [0.05, 0.1) is 28.7 Å². The van der Waals surface area contributed by atoms with Crippen molar-refractivity contribution in [2.24, 2.45) is 0 Å². The molecule has 1 amide bonds. The van der Waals surface area contributed by atoms with E-state index in [0.29, 0.717) is 11.0 Å². The first-order chi connectivity index (χ1) is 19.1. The van der Waals surface area contributed by atoms with E-state index >= 15 is 0 Å². The second-order valence-corrected chi connectivity index (χ2v) is 13.6. The smallest absolute Gasteiger partial charge is 0.241 e. The van der Waals surface area contributed by atoms with Crippen molar-refractivity contribution in [3.05, 3.63) is 89.0 Å². The van der Waals surface area contributed by atoms with Gasteiger partial charge in [-0.25, -0.2) is 13.1 Å². The number of hydrogen-bond acceptors (Lipinski definition) is 7. The van der Waals surface area contributed by atoms with Gasteiger partial charge in [0.25, 0.3) is 0 Å². The number of aromatic nitrogens is 2. The Kier molecular flexibility index (Phi) is 8.32. The van der Waals surface area contributed by atoms with Crippen LogP contribution in [0.2, 0.25) is 0 Å². The number of nitrogens with one attached hydrogen (secondary N) is 3. The molecule has 0 saturated carbocycles. The highest BCUT2D eigenvalue weighted by Crippen LogP contribution is 2.31. The number of fused-ring (bicyclic) bond motifs is 2. The Morgan fingerprint density at radius 3 is 2.58 bits per heavy atom. The van der Waals surface area contributed by atoms with Crippen LogP contribution >= 0.6 is 11.7 Å². The van der Waals surface area contributed by atoms with Crippen LogP contribution in [-0.4, -0.2) is 28.6 Å². The van der Waals surface area contributed by atoms with Gasteiger partial charge in [-0.3, -0.25) is 4.79 Å². The van der Waals surface area contributed by atoms with E-state index in [2.05, 4.69) is 63.1 Å². The first kappa shape index (κ1) is 28.4. The molecule has 0 saturated heterocycles.